The van der Waals surface area contributed by atoms with Crippen molar-refractivity contribution < 1.29 is 9.53 Å². The molecule has 0 fully saturated rings. The molecule has 7 nitrogen and oxygen atoms in total. The van der Waals surface area contributed by atoms with E-state index in [9.17, 15) is 4.79 Å². The molecule has 0 unspecified atom stereocenters. The van der Waals surface area contributed by atoms with Gasteiger partial charge in [0.25, 0.3) is 5.91 Å². The van der Waals surface area contributed by atoms with Gasteiger partial charge in [0.15, 0.2) is 0 Å². The van der Waals surface area contributed by atoms with E-state index in [-0.39, 0.29) is 5.91 Å². The van der Waals surface area contributed by atoms with Crippen LogP contribution in [0.5, 0.6) is 5.75 Å². The molecule has 0 saturated heterocycles. The summed E-state index contributed by atoms with van der Waals surface area (Å²) in [6, 6.07) is 12.9. The Morgan fingerprint density at radius 1 is 1.15 bits per heavy atom. The molecule has 2 heterocycles. The van der Waals surface area contributed by atoms with E-state index >= 15 is 0 Å². The van der Waals surface area contributed by atoms with Crippen LogP contribution in [0, 0.1) is 6.92 Å². The molecule has 0 bridgehead atoms. The molecule has 3 aromatic rings. The smallest absolute Gasteiger partial charge is 0.270 e. The van der Waals surface area contributed by atoms with E-state index in [0.29, 0.717) is 36.2 Å². The molecule has 27 heavy (non-hydrogen) atoms. The van der Waals surface area contributed by atoms with Crippen molar-refractivity contribution in [3.8, 4) is 5.75 Å². The Labute approximate surface area is 157 Å². The lowest BCUT2D eigenvalue weighted by molar-refractivity contribution is 0.0945. The van der Waals surface area contributed by atoms with Gasteiger partial charge in [-0.25, -0.2) is 9.97 Å². The van der Waals surface area contributed by atoms with E-state index in [4.69, 9.17) is 4.74 Å². The van der Waals surface area contributed by atoms with Gasteiger partial charge in [-0.2, -0.15) is 0 Å². The molecule has 0 saturated carbocycles. The monoisotopic (exact) mass is 363 g/mol. The summed E-state index contributed by atoms with van der Waals surface area (Å²) in [6.45, 7) is 4.67. The van der Waals surface area contributed by atoms with Gasteiger partial charge >= 0.3 is 0 Å². The number of carbonyl (C=O) groups excluding carboxylic acids is 1. The van der Waals surface area contributed by atoms with E-state index in [2.05, 4.69) is 25.6 Å². The molecule has 0 atom stereocenters. The normalized spacial score (nSPS) is 10.3. The Kier molecular flexibility index (Phi) is 5.94. The van der Waals surface area contributed by atoms with Gasteiger partial charge in [-0.3, -0.25) is 9.78 Å². The molecule has 1 amide bonds. The number of amides is 1. The zero-order chi connectivity index (χ0) is 19.1. The number of ether oxygens (including phenoxy) is 1. The number of nitrogens with one attached hydrogen (secondary N) is 2. The molecule has 0 spiro atoms. The minimum absolute atomic E-state index is 0.273. The third-order valence-corrected chi connectivity index (χ3v) is 3.70. The first-order valence-corrected chi connectivity index (χ1v) is 8.67. The number of pyridine rings is 1. The lowest BCUT2D eigenvalue weighted by atomic mass is 10.2. The van der Waals surface area contributed by atoms with Crippen LogP contribution in [0.2, 0.25) is 0 Å². The Morgan fingerprint density at radius 2 is 2.00 bits per heavy atom. The van der Waals surface area contributed by atoms with Crippen LogP contribution < -0.4 is 15.4 Å². The predicted molar refractivity (Wildman–Crippen MR) is 103 cm³/mol. The number of nitrogens with zero attached hydrogens (tertiary/aromatic N) is 3. The van der Waals surface area contributed by atoms with Crippen molar-refractivity contribution >= 4 is 17.5 Å². The first-order valence-electron chi connectivity index (χ1n) is 8.67. The number of benzene rings is 1. The Bertz CT molecular complexity index is 915. The number of aryl methyl sites for hydroxylation is 1. The first kappa shape index (κ1) is 18.3. The van der Waals surface area contributed by atoms with Gasteiger partial charge in [-0.05, 0) is 43.7 Å². The predicted octanol–water partition coefficient (Wildman–Crippen LogP) is 3.25. The first-order chi connectivity index (χ1) is 13.2. The fraction of sp³-hybridized carbons (Fsp3) is 0.200. The zero-order valence-corrected chi connectivity index (χ0v) is 15.3. The summed E-state index contributed by atoms with van der Waals surface area (Å²) in [5, 5.41) is 5.97. The Morgan fingerprint density at radius 3 is 2.78 bits per heavy atom. The standard InChI is InChI=1S/C20H21N5O2/c1-3-27-18-9-5-4-8-16(18)24-20-23-14(2)11-17(25-20)19(26)22-13-15-7-6-10-21-12-15/h4-12H,3,13H2,1-2H3,(H,22,26)(H,23,24,25). The second-order valence-corrected chi connectivity index (χ2v) is 5.82. The largest absolute Gasteiger partial charge is 0.492 e. The molecule has 0 radical (unpaired) electrons. The lowest BCUT2D eigenvalue weighted by Crippen LogP contribution is -2.24. The van der Waals surface area contributed by atoms with E-state index in [1.165, 1.54) is 0 Å². The summed E-state index contributed by atoms with van der Waals surface area (Å²) in [5.41, 5.74) is 2.64. The third-order valence-electron chi connectivity index (χ3n) is 3.70. The summed E-state index contributed by atoms with van der Waals surface area (Å²) in [4.78, 5) is 25.2. The van der Waals surface area contributed by atoms with Crippen molar-refractivity contribution in [2.45, 2.75) is 20.4 Å². The van der Waals surface area contributed by atoms with Crippen LogP contribution in [-0.2, 0) is 6.54 Å². The number of hydrogen-bond acceptors (Lipinski definition) is 6. The molecule has 138 valence electrons. The number of anilines is 2. The second kappa shape index (κ2) is 8.75. The summed E-state index contributed by atoms with van der Waals surface area (Å²) in [6.07, 6.45) is 3.40. The van der Waals surface area contributed by atoms with Crippen LogP contribution in [0.3, 0.4) is 0 Å². The van der Waals surface area contributed by atoms with Crippen molar-refractivity contribution in [3.63, 3.8) is 0 Å². The topological polar surface area (TPSA) is 89.0 Å². The van der Waals surface area contributed by atoms with Gasteiger partial charge in [0, 0.05) is 24.6 Å². The number of para-hydroxylation sites is 2. The maximum atomic E-state index is 12.5. The van der Waals surface area contributed by atoms with Gasteiger partial charge in [0.1, 0.15) is 11.4 Å². The van der Waals surface area contributed by atoms with Crippen LogP contribution in [-0.4, -0.2) is 27.5 Å². The van der Waals surface area contributed by atoms with E-state index in [1.54, 1.807) is 18.5 Å². The van der Waals surface area contributed by atoms with Gasteiger partial charge in [0.2, 0.25) is 5.95 Å². The minimum atomic E-state index is -0.273. The van der Waals surface area contributed by atoms with E-state index in [1.807, 2.05) is 50.2 Å². The maximum absolute atomic E-state index is 12.5. The van der Waals surface area contributed by atoms with Crippen LogP contribution in [0.1, 0.15) is 28.7 Å². The minimum Gasteiger partial charge on any atom is -0.492 e. The molecule has 2 N–H and O–H groups in total. The summed E-state index contributed by atoms with van der Waals surface area (Å²) < 4.78 is 5.60. The average molecular weight is 363 g/mol. The molecule has 7 heteroatoms. The molecule has 0 aliphatic carbocycles. The van der Waals surface area contributed by atoms with Crippen LogP contribution in [0.25, 0.3) is 0 Å². The highest BCUT2D eigenvalue weighted by Crippen LogP contribution is 2.26. The molecule has 1 aromatic carbocycles. The van der Waals surface area contributed by atoms with E-state index < -0.39 is 0 Å². The fourth-order valence-electron chi connectivity index (χ4n) is 2.49. The van der Waals surface area contributed by atoms with Crippen molar-refractivity contribution in [1.82, 2.24) is 20.3 Å². The molecule has 2 aromatic heterocycles. The highest BCUT2D eigenvalue weighted by atomic mass is 16.5. The van der Waals surface area contributed by atoms with E-state index in [0.717, 1.165) is 11.3 Å². The average Bonchev–Trinajstić information content (AvgIpc) is 2.68. The van der Waals surface area contributed by atoms with Crippen molar-refractivity contribution in [1.29, 1.82) is 0 Å². The second-order valence-electron chi connectivity index (χ2n) is 5.82. The van der Waals surface area contributed by atoms with Gasteiger partial charge in [0.05, 0.1) is 12.3 Å². The molecular weight excluding hydrogens is 342 g/mol. The molecule has 0 aliphatic rings. The van der Waals surface area contributed by atoms with Crippen molar-refractivity contribution in [2.75, 3.05) is 11.9 Å². The Balaban J connectivity index is 1.75. The number of aromatic nitrogens is 3. The fourth-order valence-corrected chi connectivity index (χ4v) is 2.49. The quantitative estimate of drug-likeness (QED) is 0.670. The third kappa shape index (κ3) is 5.01. The lowest BCUT2D eigenvalue weighted by Gasteiger charge is -2.12. The van der Waals surface area contributed by atoms with Crippen molar-refractivity contribution in [3.05, 3.63) is 71.8 Å². The van der Waals surface area contributed by atoms with Crippen LogP contribution >= 0.6 is 0 Å². The number of rotatable bonds is 7. The Hall–Kier alpha value is -3.48. The van der Waals surface area contributed by atoms with Gasteiger partial charge < -0.3 is 15.4 Å². The SMILES string of the molecule is CCOc1ccccc1Nc1nc(C)cc(C(=O)NCc2cccnc2)n1. The summed E-state index contributed by atoms with van der Waals surface area (Å²) in [5.74, 6) is 0.770. The van der Waals surface area contributed by atoms with Gasteiger partial charge in [-0.1, -0.05) is 18.2 Å². The summed E-state index contributed by atoms with van der Waals surface area (Å²) >= 11 is 0. The number of carbonyl (C=O) groups is 1. The molecule has 3 rings (SSSR count). The van der Waals surface area contributed by atoms with Crippen LogP contribution in [0.15, 0.2) is 54.9 Å². The zero-order valence-electron chi connectivity index (χ0n) is 15.3. The maximum Gasteiger partial charge on any atom is 0.270 e. The molecular formula is C20H21N5O2. The van der Waals surface area contributed by atoms with Crippen molar-refractivity contribution in [2.24, 2.45) is 0 Å². The van der Waals surface area contributed by atoms with Gasteiger partial charge in [-0.15, -0.1) is 0 Å². The highest BCUT2D eigenvalue weighted by Gasteiger charge is 2.12. The molecule has 0 aliphatic heterocycles. The van der Waals surface area contributed by atoms with Crippen LogP contribution in [0.4, 0.5) is 11.6 Å². The summed E-state index contributed by atoms with van der Waals surface area (Å²) in [7, 11) is 0. The highest BCUT2D eigenvalue weighted by molar-refractivity contribution is 5.92. The number of hydrogen-bond donors (Lipinski definition) is 2.